The summed E-state index contributed by atoms with van der Waals surface area (Å²) in [6, 6.07) is 4.23. The molecule has 1 aromatic carbocycles. The van der Waals surface area contributed by atoms with Crippen molar-refractivity contribution in [2.75, 3.05) is 20.2 Å². The van der Waals surface area contributed by atoms with Crippen molar-refractivity contribution in [1.29, 1.82) is 0 Å². The highest BCUT2D eigenvalue weighted by Gasteiger charge is 2.20. The molecule has 1 aromatic rings. The van der Waals surface area contributed by atoms with E-state index in [1.54, 1.807) is 14.0 Å². The number of carbonyl (C=O) groups is 1. The van der Waals surface area contributed by atoms with Gasteiger partial charge in [0.25, 0.3) is 15.0 Å². The lowest BCUT2D eigenvalue weighted by atomic mass is 10.2. The predicted octanol–water partition coefficient (Wildman–Crippen LogP) is 2.49. The van der Waals surface area contributed by atoms with E-state index < -0.39 is 9.05 Å². The highest BCUT2D eigenvalue weighted by Crippen LogP contribution is 2.28. The monoisotopic (exact) mass is 319 g/mol. The largest absolute Gasteiger partial charge is 0.492 e. The van der Waals surface area contributed by atoms with Crippen molar-refractivity contribution >= 4 is 25.6 Å². The summed E-state index contributed by atoms with van der Waals surface area (Å²) in [6.45, 7) is 4.59. The first-order valence-electron chi connectivity index (χ1n) is 6.28. The smallest absolute Gasteiger partial charge is 0.265 e. The molecule has 0 spiro atoms. The molecule has 7 heteroatoms. The molecule has 0 aliphatic rings. The van der Waals surface area contributed by atoms with Crippen LogP contribution in [0.15, 0.2) is 23.1 Å². The quantitative estimate of drug-likeness (QED) is 0.756. The molecule has 5 nitrogen and oxygen atoms in total. The van der Waals surface area contributed by atoms with Gasteiger partial charge < -0.3 is 9.64 Å². The maximum Gasteiger partial charge on any atom is 0.265 e. The van der Waals surface area contributed by atoms with Crippen LogP contribution in [0.25, 0.3) is 0 Å². The molecule has 0 N–H and O–H groups in total. The van der Waals surface area contributed by atoms with Gasteiger partial charge in [0.05, 0.1) is 6.61 Å². The normalized spacial score (nSPS) is 11.2. The minimum Gasteiger partial charge on any atom is -0.492 e. The van der Waals surface area contributed by atoms with Crippen LogP contribution in [0.2, 0.25) is 0 Å². The number of rotatable bonds is 6. The molecule has 1 amide bonds. The van der Waals surface area contributed by atoms with Crippen molar-refractivity contribution in [3.05, 3.63) is 23.8 Å². The van der Waals surface area contributed by atoms with E-state index in [0.29, 0.717) is 13.2 Å². The topological polar surface area (TPSA) is 63.7 Å². The summed E-state index contributed by atoms with van der Waals surface area (Å²) in [5, 5.41) is 0. The average molecular weight is 320 g/mol. The Morgan fingerprint density at radius 1 is 1.35 bits per heavy atom. The highest BCUT2D eigenvalue weighted by molar-refractivity contribution is 8.13. The minimum absolute atomic E-state index is 0.150. The average Bonchev–Trinajstić information content (AvgIpc) is 2.37. The number of benzene rings is 1. The summed E-state index contributed by atoms with van der Waals surface area (Å²) in [6.07, 6.45) is 0.819. The molecule has 0 aliphatic heterocycles. The standard InChI is InChI=1S/C13H18ClNO4S/c1-4-8-15(3)13(16)10-6-7-11(19-5-2)12(9-10)20(14,17)18/h6-7,9H,4-5,8H2,1-3H3. The van der Waals surface area contributed by atoms with Crippen LogP contribution in [0.5, 0.6) is 5.75 Å². The van der Waals surface area contributed by atoms with Gasteiger partial charge in [-0.05, 0) is 31.5 Å². The lowest BCUT2D eigenvalue weighted by Crippen LogP contribution is -2.27. The Morgan fingerprint density at radius 3 is 2.50 bits per heavy atom. The van der Waals surface area contributed by atoms with Gasteiger partial charge in [-0.3, -0.25) is 4.79 Å². The maximum atomic E-state index is 12.1. The van der Waals surface area contributed by atoms with E-state index in [-0.39, 0.29) is 22.1 Å². The van der Waals surface area contributed by atoms with Crippen molar-refractivity contribution in [2.24, 2.45) is 0 Å². The van der Waals surface area contributed by atoms with Crippen LogP contribution in [0.1, 0.15) is 30.6 Å². The lowest BCUT2D eigenvalue weighted by Gasteiger charge is -2.17. The predicted molar refractivity (Wildman–Crippen MR) is 77.9 cm³/mol. The summed E-state index contributed by atoms with van der Waals surface area (Å²) in [5.41, 5.74) is 0.267. The SMILES string of the molecule is CCCN(C)C(=O)c1ccc(OCC)c(S(=O)(=O)Cl)c1. The second-order valence-corrected chi connectivity index (χ2v) is 6.79. The van der Waals surface area contributed by atoms with E-state index in [4.69, 9.17) is 15.4 Å². The molecular weight excluding hydrogens is 302 g/mol. The van der Waals surface area contributed by atoms with Gasteiger partial charge in [0.1, 0.15) is 10.6 Å². The number of carbonyl (C=O) groups excluding carboxylic acids is 1. The third-order valence-electron chi connectivity index (χ3n) is 2.66. The molecule has 112 valence electrons. The van der Waals surface area contributed by atoms with Crippen molar-refractivity contribution in [3.63, 3.8) is 0 Å². The summed E-state index contributed by atoms with van der Waals surface area (Å²) >= 11 is 0. The number of halogens is 1. The number of hydrogen-bond donors (Lipinski definition) is 0. The Balaban J connectivity index is 3.23. The summed E-state index contributed by atoms with van der Waals surface area (Å²) < 4.78 is 28.3. The van der Waals surface area contributed by atoms with Gasteiger partial charge in [-0.15, -0.1) is 0 Å². The third-order valence-corrected chi connectivity index (χ3v) is 4.00. The van der Waals surface area contributed by atoms with Crippen LogP contribution < -0.4 is 4.74 Å². The third kappa shape index (κ3) is 4.11. The van der Waals surface area contributed by atoms with E-state index >= 15 is 0 Å². The highest BCUT2D eigenvalue weighted by atomic mass is 35.7. The summed E-state index contributed by atoms with van der Waals surface area (Å²) in [5.74, 6) is -0.103. The second-order valence-electron chi connectivity index (χ2n) is 4.26. The molecule has 1 rings (SSSR count). The fourth-order valence-electron chi connectivity index (χ4n) is 1.76. The molecule has 20 heavy (non-hydrogen) atoms. The van der Waals surface area contributed by atoms with Gasteiger partial charge in [-0.2, -0.15) is 0 Å². The van der Waals surface area contributed by atoms with Crippen LogP contribution >= 0.6 is 10.7 Å². The van der Waals surface area contributed by atoms with Crippen molar-refractivity contribution in [1.82, 2.24) is 4.90 Å². The molecule has 0 heterocycles. The van der Waals surface area contributed by atoms with E-state index in [9.17, 15) is 13.2 Å². The fraction of sp³-hybridized carbons (Fsp3) is 0.462. The Labute approximate surface area is 123 Å². The van der Waals surface area contributed by atoms with E-state index in [1.807, 2.05) is 6.92 Å². The van der Waals surface area contributed by atoms with Gasteiger partial charge in [-0.1, -0.05) is 6.92 Å². The molecule has 0 atom stereocenters. The number of nitrogens with zero attached hydrogens (tertiary/aromatic N) is 1. The maximum absolute atomic E-state index is 12.1. The first-order valence-corrected chi connectivity index (χ1v) is 8.59. The van der Waals surface area contributed by atoms with E-state index in [0.717, 1.165) is 6.42 Å². The number of hydrogen-bond acceptors (Lipinski definition) is 4. The molecule has 0 bridgehead atoms. The van der Waals surface area contributed by atoms with Gasteiger partial charge >= 0.3 is 0 Å². The number of amides is 1. The Hall–Kier alpha value is -1.27. The molecule has 0 aromatic heterocycles. The Bertz CT molecular complexity index is 586. The van der Waals surface area contributed by atoms with Crippen LogP contribution in [0.3, 0.4) is 0 Å². The summed E-state index contributed by atoms with van der Waals surface area (Å²) in [4.78, 5) is 13.5. The first-order chi connectivity index (χ1) is 9.31. The van der Waals surface area contributed by atoms with Crippen molar-refractivity contribution in [3.8, 4) is 5.75 Å². The van der Waals surface area contributed by atoms with Gasteiger partial charge in [0.15, 0.2) is 0 Å². The fourth-order valence-corrected chi connectivity index (χ4v) is 2.76. The van der Waals surface area contributed by atoms with E-state index in [1.165, 1.54) is 23.1 Å². The Kier molecular flexibility index (Phi) is 5.83. The molecule has 0 saturated carbocycles. The van der Waals surface area contributed by atoms with Gasteiger partial charge in [0.2, 0.25) is 0 Å². The molecule has 0 saturated heterocycles. The van der Waals surface area contributed by atoms with Crippen LogP contribution in [-0.4, -0.2) is 39.4 Å². The summed E-state index contributed by atoms with van der Waals surface area (Å²) in [7, 11) is 3.07. The molecule has 0 radical (unpaired) electrons. The first kappa shape index (κ1) is 16.8. The zero-order valence-corrected chi connectivity index (χ0v) is 13.3. The van der Waals surface area contributed by atoms with Gasteiger partial charge in [0, 0.05) is 29.8 Å². The zero-order chi connectivity index (χ0) is 15.3. The van der Waals surface area contributed by atoms with E-state index in [2.05, 4.69) is 0 Å². The van der Waals surface area contributed by atoms with Crippen LogP contribution in [-0.2, 0) is 9.05 Å². The lowest BCUT2D eigenvalue weighted by molar-refractivity contribution is 0.0795. The van der Waals surface area contributed by atoms with Crippen molar-refractivity contribution in [2.45, 2.75) is 25.2 Å². The van der Waals surface area contributed by atoms with Crippen LogP contribution in [0.4, 0.5) is 0 Å². The molecule has 0 fully saturated rings. The minimum atomic E-state index is -3.97. The second kappa shape index (κ2) is 6.95. The van der Waals surface area contributed by atoms with Crippen LogP contribution in [0, 0.1) is 0 Å². The zero-order valence-electron chi connectivity index (χ0n) is 11.7. The number of ether oxygens (including phenoxy) is 1. The van der Waals surface area contributed by atoms with Crippen molar-refractivity contribution < 1.29 is 17.9 Å². The molecule has 0 unspecified atom stereocenters. The Morgan fingerprint density at radius 2 is 2.00 bits per heavy atom. The molecular formula is C13H18ClNO4S. The van der Waals surface area contributed by atoms with Gasteiger partial charge in [-0.25, -0.2) is 8.42 Å². The molecule has 0 aliphatic carbocycles.